The molecule has 8 nitrogen and oxygen atoms in total. The van der Waals surface area contributed by atoms with E-state index in [-0.39, 0.29) is 37.3 Å². The van der Waals surface area contributed by atoms with Gasteiger partial charge in [-0.2, -0.15) is 0 Å². The smallest absolute Gasteiger partial charge is 0.264 e. The number of rotatable bonds is 8. The van der Waals surface area contributed by atoms with Gasteiger partial charge in [0.15, 0.2) is 5.60 Å². The molecule has 3 aliphatic rings. The molecule has 0 aliphatic carbocycles. The Bertz CT molecular complexity index is 1630. The molecule has 6 rings (SSSR count). The molecule has 3 aliphatic heterocycles. The van der Waals surface area contributed by atoms with Crippen LogP contribution in [-0.4, -0.2) is 62.4 Å². The first kappa shape index (κ1) is 31.1. The first-order valence-corrected chi connectivity index (χ1v) is 18.6. The van der Waals surface area contributed by atoms with Crippen LogP contribution in [0.2, 0.25) is 18.6 Å². The number of aliphatic hydroxyl groups excluding tert-OH is 1. The maximum atomic E-state index is 16.3. The largest absolute Gasteiger partial charge is 0.395 e. The first-order chi connectivity index (χ1) is 21.5. The fraction of sp³-hybridized carbons (Fsp3) is 0.400. The molecular weight excluding hydrogens is 589 g/mol. The van der Waals surface area contributed by atoms with Gasteiger partial charge in [0.1, 0.15) is 0 Å². The number of anilines is 3. The van der Waals surface area contributed by atoms with Crippen LogP contribution in [0.25, 0.3) is 0 Å². The second-order valence-electron chi connectivity index (χ2n) is 12.9. The monoisotopic (exact) mass is 629 g/mol. The molecule has 1 saturated heterocycles. The van der Waals surface area contributed by atoms with Crippen molar-refractivity contribution in [2.24, 2.45) is 5.92 Å². The summed E-state index contributed by atoms with van der Waals surface area (Å²) >= 11 is 0. The summed E-state index contributed by atoms with van der Waals surface area (Å²) in [6.07, 6.45) is 0.0630. The Balaban J connectivity index is 1.38. The Kier molecular flexibility index (Phi) is 8.17. The molecule has 1 spiro atoms. The van der Waals surface area contributed by atoms with Crippen LogP contribution in [0.15, 0.2) is 72.8 Å². The van der Waals surface area contributed by atoms with E-state index in [1.165, 1.54) is 0 Å². The number of para-hydroxylation sites is 1. The number of halogens is 1. The molecule has 0 radical (unpaired) electrons. The highest BCUT2D eigenvalue weighted by Gasteiger charge is 2.66. The van der Waals surface area contributed by atoms with Crippen LogP contribution < -0.4 is 9.80 Å². The number of benzene rings is 3. The fourth-order valence-electron chi connectivity index (χ4n) is 7.71. The molecule has 0 unspecified atom stereocenters. The van der Waals surface area contributed by atoms with Crippen molar-refractivity contribution in [1.29, 1.82) is 0 Å². The third-order valence-electron chi connectivity index (χ3n) is 9.74. The maximum absolute atomic E-state index is 16.3. The summed E-state index contributed by atoms with van der Waals surface area (Å²) in [5.41, 5.74) is 2.48. The SMILES string of the molecule is C[C@H]1[C@H]([Si](C)(C)F)[C@@H](CC(=O)N(CCO)Cc2ccccc2)O[C@]12C(=O)N(C)c1ccc(N3C(=O)CCc4ccccc43)cc12. The highest BCUT2D eigenvalue weighted by molar-refractivity contribution is 6.72. The van der Waals surface area contributed by atoms with E-state index in [1.54, 1.807) is 34.8 Å². The van der Waals surface area contributed by atoms with Crippen molar-refractivity contribution in [2.75, 3.05) is 30.0 Å². The van der Waals surface area contributed by atoms with E-state index in [9.17, 15) is 19.5 Å². The topological polar surface area (TPSA) is 90.4 Å². The van der Waals surface area contributed by atoms with Crippen LogP contribution in [0.4, 0.5) is 21.2 Å². The van der Waals surface area contributed by atoms with Crippen molar-refractivity contribution < 1.29 is 28.3 Å². The Hall–Kier alpha value is -3.86. The van der Waals surface area contributed by atoms with E-state index < -0.39 is 31.6 Å². The highest BCUT2D eigenvalue weighted by Crippen LogP contribution is 2.60. The highest BCUT2D eigenvalue weighted by atomic mass is 28.4. The molecule has 0 saturated carbocycles. The number of carbonyl (C=O) groups is 3. The molecule has 1 N–H and O–H groups in total. The summed E-state index contributed by atoms with van der Waals surface area (Å²) in [6, 6.07) is 22.8. The lowest BCUT2D eigenvalue weighted by atomic mass is 9.82. The maximum Gasteiger partial charge on any atom is 0.264 e. The number of nitrogens with zero attached hydrogens (tertiary/aromatic N) is 3. The molecule has 1 fully saturated rings. The van der Waals surface area contributed by atoms with Gasteiger partial charge in [0.25, 0.3) is 5.91 Å². The molecule has 0 bridgehead atoms. The summed E-state index contributed by atoms with van der Waals surface area (Å²) < 4.78 is 23.0. The zero-order valence-electron chi connectivity index (χ0n) is 26.2. The lowest BCUT2D eigenvalue weighted by Crippen LogP contribution is -2.44. The predicted molar refractivity (Wildman–Crippen MR) is 173 cm³/mol. The molecule has 0 aromatic heterocycles. The average Bonchev–Trinajstić information content (AvgIpc) is 3.43. The molecule has 45 heavy (non-hydrogen) atoms. The minimum Gasteiger partial charge on any atom is -0.395 e. The van der Waals surface area contributed by atoms with Gasteiger partial charge in [0, 0.05) is 49.3 Å². The number of fused-ring (bicyclic) bond motifs is 3. The number of hydrogen-bond donors (Lipinski definition) is 1. The zero-order valence-corrected chi connectivity index (χ0v) is 27.2. The van der Waals surface area contributed by atoms with Crippen LogP contribution >= 0.6 is 0 Å². The molecule has 3 aromatic rings. The quantitative estimate of drug-likeness (QED) is 0.264. The van der Waals surface area contributed by atoms with E-state index in [0.717, 1.165) is 16.8 Å². The number of aryl methyl sites for hydroxylation is 1. The van der Waals surface area contributed by atoms with Crippen LogP contribution in [0.1, 0.15) is 36.5 Å². The summed E-state index contributed by atoms with van der Waals surface area (Å²) in [5.74, 6) is -1.18. The lowest BCUT2D eigenvalue weighted by molar-refractivity contribution is -0.149. The van der Waals surface area contributed by atoms with Crippen LogP contribution in [0.5, 0.6) is 0 Å². The molecule has 3 aromatic carbocycles. The van der Waals surface area contributed by atoms with Gasteiger partial charge >= 0.3 is 0 Å². The number of hydrogen-bond acceptors (Lipinski definition) is 5. The fourth-order valence-corrected chi connectivity index (χ4v) is 10.2. The van der Waals surface area contributed by atoms with E-state index in [0.29, 0.717) is 36.3 Å². The summed E-state index contributed by atoms with van der Waals surface area (Å²) in [6.45, 7) is 5.28. The van der Waals surface area contributed by atoms with E-state index in [4.69, 9.17) is 4.74 Å². The van der Waals surface area contributed by atoms with E-state index >= 15 is 4.11 Å². The second kappa shape index (κ2) is 11.8. The first-order valence-electron chi connectivity index (χ1n) is 15.6. The van der Waals surface area contributed by atoms with Gasteiger partial charge in [-0.3, -0.25) is 19.3 Å². The number of ether oxygens (including phenoxy) is 1. The van der Waals surface area contributed by atoms with Gasteiger partial charge < -0.3 is 23.8 Å². The van der Waals surface area contributed by atoms with Crippen molar-refractivity contribution in [3.63, 3.8) is 0 Å². The number of amides is 3. The second-order valence-corrected chi connectivity index (χ2v) is 16.7. The standard InChI is InChI=1S/C35H40FN3O5Si/c1-23-33(45(3,4)36)30(21-32(42)38(18-19-40)22-24-10-6-5-7-11-24)44-35(23)27-20-26(15-16-29(27)37(2)34(35)43)39-28-13-9-8-12-25(28)14-17-31(39)41/h5-13,15-16,20,23,30,33,40H,14,17-19,21-22H2,1-4H3/t23-,30+,33-,35+/m0/s1. The van der Waals surface area contributed by atoms with Crippen molar-refractivity contribution in [1.82, 2.24) is 4.90 Å². The predicted octanol–water partition coefficient (Wildman–Crippen LogP) is 5.46. The summed E-state index contributed by atoms with van der Waals surface area (Å²) in [7, 11) is -1.81. The van der Waals surface area contributed by atoms with Crippen LogP contribution in [0, 0.1) is 5.92 Å². The minimum atomic E-state index is -3.50. The molecule has 3 amide bonds. The lowest BCUT2D eigenvalue weighted by Gasteiger charge is -2.32. The Morgan fingerprint density at radius 2 is 1.76 bits per heavy atom. The van der Waals surface area contributed by atoms with Crippen LogP contribution in [-0.2, 0) is 37.7 Å². The van der Waals surface area contributed by atoms with E-state index in [2.05, 4.69) is 0 Å². The summed E-state index contributed by atoms with van der Waals surface area (Å²) in [5, 5.41) is 9.75. The molecular formula is C35H40FN3O5Si. The van der Waals surface area contributed by atoms with Crippen LogP contribution in [0.3, 0.4) is 0 Å². The average molecular weight is 630 g/mol. The van der Waals surface area contributed by atoms with Crippen molar-refractivity contribution in [2.45, 2.75) is 63.1 Å². The zero-order chi connectivity index (χ0) is 32.1. The van der Waals surface area contributed by atoms with Crippen molar-refractivity contribution in [3.05, 3.63) is 89.5 Å². The van der Waals surface area contributed by atoms with Gasteiger partial charge in [-0.15, -0.1) is 0 Å². The Morgan fingerprint density at radius 1 is 1.04 bits per heavy atom. The number of carbonyl (C=O) groups excluding carboxylic acids is 3. The van der Waals surface area contributed by atoms with Gasteiger partial charge in [0.05, 0.1) is 30.5 Å². The normalized spacial score (nSPS) is 24.3. The third-order valence-corrected chi connectivity index (χ3v) is 12.2. The molecule has 3 heterocycles. The van der Waals surface area contributed by atoms with Crippen molar-refractivity contribution >= 4 is 43.2 Å². The van der Waals surface area contributed by atoms with Gasteiger partial charge in [-0.05, 0) is 54.9 Å². The Morgan fingerprint density at radius 3 is 2.47 bits per heavy atom. The third kappa shape index (κ3) is 5.28. The molecule has 236 valence electrons. The molecule has 4 atom stereocenters. The number of likely N-dealkylation sites (N-methyl/N-ethyl adjacent to an activating group) is 1. The van der Waals surface area contributed by atoms with Gasteiger partial charge in [-0.25, -0.2) is 0 Å². The Labute approximate surface area is 264 Å². The summed E-state index contributed by atoms with van der Waals surface area (Å²) in [4.78, 5) is 46.1. The van der Waals surface area contributed by atoms with Gasteiger partial charge in [0.2, 0.25) is 20.2 Å². The number of aliphatic hydroxyl groups is 1. The van der Waals surface area contributed by atoms with Crippen molar-refractivity contribution in [3.8, 4) is 0 Å². The van der Waals surface area contributed by atoms with Gasteiger partial charge in [-0.1, -0.05) is 55.5 Å². The van der Waals surface area contributed by atoms with E-state index in [1.807, 2.05) is 79.7 Å². The molecule has 10 heteroatoms. The minimum absolute atomic E-state index is 0.0400.